The average molecular weight is 276 g/mol. The van der Waals surface area contributed by atoms with Crippen molar-refractivity contribution in [3.8, 4) is 0 Å². The molecule has 5 nitrogen and oxygen atoms in total. The van der Waals surface area contributed by atoms with Crippen LogP contribution in [0, 0.1) is 6.92 Å². The molecule has 1 atom stereocenters. The van der Waals surface area contributed by atoms with Gasteiger partial charge in [0.2, 0.25) is 5.91 Å². The van der Waals surface area contributed by atoms with Crippen LogP contribution in [0.3, 0.4) is 0 Å². The monoisotopic (exact) mass is 276 g/mol. The molecule has 0 aromatic heterocycles. The first kappa shape index (κ1) is 14.5. The number of aryl methyl sites for hydroxylation is 1. The predicted octanol–water partition coefficient (Wildman–Crippen LogP) is 1.29. The lowest BCUT2D eigenvalue weighted by Gasteiger charge is -2.25. The van der Waals surface area contributed by atoms with Crippen LogP contribution in [0.5, 0.6) is 0 Å². The molecule has 0 radical (unpaired) electrons. The zero-order chi connectivity index (χ0) is 14.7. The van der Waals surface area contributed by atoms with Crippen molar-refractivity contribution in [3.63, 3.8) is 0 Å². The lowest BCUT2D eigenvalue weighted by Crippen LogP contribution is -2.45. The highest BCUT2D eigenvalue weighted by Crippen LogP contribution is 2.29. The number of nitrogens with two attached hydrogens (primary N) is 1. The fraction of sp³-hybridized carbons (Fsp3) is 0.467. The maximum Gasteiger partial charge on any atom is 0.305 e. The van der Waals surface area contributed by atoms with E-state index in [1.54, 1.807) is 4.90 Å². The summed E-state index contributed by atoms with van der Waals surface area (Å²) < 4.78 is 0. The summed E-state index contributed by atoms with van der Waals surface area (Å²) in [5.41, 5.74) is 7.90. The van der Waals surface area contributed by atoms with E-state index in [0.29, 0.717) is 6.54 Å². The molecule has 3 N–H and O–H groups in total. The molecule has 20 heavy (non-hydrogen) atoms. The SMILES string of the molecule is Cc1ccc(CN(C(=O)C(N)CC(=O)O)C2CC2)cc1. The highest BCUT2D eigenvalue weighted by molar-refractivity contribution is 5.86. The molecule has 1 aromatic rings. The minimum atomic E-state index is -1.04. The zero-order valence-corrected chi connectivity index (χ0v) is 11.6. The third kappa shape index (κ3) is 3.81. The number of carboxylic acid groups (broad SMARTS) is 1. The number of carbonyl (C=O) groups excluding carboxylic acids is 1. The summed E-state index contributed by atoms with van der Waals surface area (Å²) >= 11 is 0. The van der Waals surface area contributed by atoms with Crippen LogP contribution in [0.25, 0.3) is 0 Å². The van der Waals surface area contributed by atoms with Crippen LogP contribution in [0.2, 0.25) is 0 Å². The van der Waals surface area contributed by atoms with Gasteiger partial charge in [0.1, 0.15) is 0 Å². The summed E-state index contributed by atoms with van der Waals surface area (Å²) in [6, 6.07) is 7.23. The fourth-order valence-electron chi connectivity index (χ4n) is 2.15. The van der Waals surface area contributed by atoms with E-state index in [-0.39, 0.29) is 18.4 Å². The first-order valence-corrected chi connectivity index (χ1v) is 6.81. The number of amides is 1. The Morgan fingerprint density at radius 3 is 2.45 bits per heavy atom. The van der Waals surface area contributed by atoms with Gasteiger partial charge in [-0.25, -0.2) is 0 Å². The number of carbonyl (C=O) groups is 2. The molecule has 0 bridgehead atoms. The summed E-state index contributed by atoms with van der Waals surface area (Å²) in [4.78, 5) is 24.7. The minimum Gasteiger partial charge on any atom is -0.481 e. The van der Waals surface area contributed by atoms with Crippen LogP contribution in [0.4, 0.5) is 0 Å². The van der Waals surface area contributed by atoms with E-state index < -0.39 is 12.0 Å². The van der Waals surface area contributed by atoms with E-state index in [9.17, 15) is 9.59 Å². The fourth-order valence-corrected chi connectivity index (χ4v) is 2.15. The van der Waals surface area contributed by atoms with Gasteiger partial charge in [-0.1, -0.05) is 29.8 Å². The first-order valence-electron chi connectivity index (χ1n) is 6.81. The van der Waals surface area contributed by atoms with Gasteiger partial charge < -0.3 is 15.7 Å². The molecule has 1 aromatic carbocycles. The van der Waals surface area contributed by atoms with Gasteiger partial charge in [-0.3, -0.25) is 9.59 Å². The van der Waals surface area contributed by atoms with Crippen molar-refractivity contribution in [1.82, 2.24) is 4.90 Å². The molecule has 1 amide bonds. The van der Waals surface area contributed by atoms with Gasteiger partial charge in [0.05, 0.1) is 12.5 Å². The molecule has 0 spiro atoms. The number of nitrogens with zero attached hydrogens (tertiary/aromatic N) is 1. The second-order valence-electron chi connectivity index (χ2n) is 5.39. The number of aliphatic carboxylic acids is 1. The molecular formula is C15H20N2O3. The lowest BCUT2D eigenvalue weighted by atomic mass is 10.1. The third-order valence-corrected chi connectivity index (χ3v) is 3.46. The summed E-state index contributed by atoms with van der Waals surface area (Å²) in [5, 5.41) is 8.74. The van der Waals surface area contributed by atoms with Crippen LogP contribution in [-0.2, 0) is 16.1 Å². The number of carboxylic acids is 1. The van der Waals surface area contributed by atoms with Gasteiger partial charge >= 0.3 is 5.97 Å². The Bertz CT molecular complexity index is 494. The molecule has 0 heterocycles. The third-order valence-electron chi connectivity index (χ3n) is 3.46. The van der Waals surface area contributed by atoms with Crippen molar-refractivity contribution in [1.29, 1.82) is 0 Å². The van der Waals surface area contributed by atoms with Gasteiger partial charge in [0, 0.05) is 12.6 Å². The van der Waals surface area contributed by atoms with Gasteiger partial charge in [0.25, 0.3) is 0 Å². The normalized spacial score (nSPS) is 15.7. The topological polar surface area (TPSA) is 83.6 Å². The predicted molar refractivity (Wildman–Crippen MR) is 75.0 cm³/mol. The first-order chi connectivity index (χ1) is 9.47. The smallest absolute Gasteiger partial charge is 0.305 e. The summed E-state index contributed by atoms with van der Waals surface area (Å²) in [6.07, 6.45) is 1.62. The molecule has 1 aliphatic rings. The standard InChI is InChI=1S/C15H20N2O3/c1-10-2-4-11(5-3-10)9-17(12-6-7-12)15(20)13(16)8-14(18)19/h2-5,12-13H,6-9,16H2,1H3,(H,18,19). The van der Waals surface area contributed by atoms with Crippen molar-refractivity contribution in [3.05, 3.63) is 35.4 Å². The van der Waals surface area contributed by atoms with Gasteiger partial charge in [-0.15, -0.1) is 0 Å². The van der Waals surface area contributed by atoms with Gasteiger partial charge in [0.15, 0.2) is 0 Å². The van der Waals surface area contributed by atoms with Gasteiger partial charge in [-0.05, 0) is 25.3 Å². The highest BCUT2D eigenvalue weighted by Gasteiger charge is 2.35. The maximum atomic E-state index is 12.3. The van der Waals surface area contributed by atoms with E-state index in [0.717, 1.165) is 18.4 Å². The van der Waals surface area contributed by atoms with Crippen LogP contribution < -0.4 is 5.73 Å². The average Bonchev–Trinajstić information content (AvgIpc) is 3.21. The molecular weight excluding hydrogens is 256 g/mol. The second-order valence-corrected chi connectivity index (χ2v) is 5.39. The van der Waals surface area contributed by atoms with E-state index in [1.807, 2.05) is 31.2 Å². The Hall–Kier alpha value is -1.88. The molecule has 2 rings (SSSR count). The molecule has 1 saturated carbocycles. The number of rotatable bonds is 6. The lowest BCUT2D eigenvalue weighted by molar-refractivity contribution is -0.142. The summed E-state index contributed by atoms with van der Waals surface area (Å²) in [5.74, 6) is -1.31. The number of hydrogen-bond acceptors (Lipinski definition) is 3. The Morgan fingerprint density at radius 2 is 1.95 bits per heavy atom. The molecule has 108 valence electrons. The molecule has 1 fully saturated rings. The molecule has 0 saturated heterocycles. The minimum absolute atomic E-state index is 0.212. The number of benzene rings is 1. The Labute approximate surface area is 118 Å². The Kier molecular flexibility index (Phi) is 4.39. The van der Waals surface area contributed by atoms with Gasteiger partial charge in [-0.2, -0.15) is 0 Å². The van der Waals surface area contributed by atoms with Crippen molar-refractivity contribution < 1.29 is 14.7 Å². The van der Waals surface area contributed by atoms with Crippen LogP contribution in [0.1, 0.15) is 30.4 Å². The van der Waals surface area contributed by atoms with Crippen LogP contribution >= 0.6 is 0 Å². The molecule has 1 aliphatic carbocycles. The van der Waals surface area contributed by atoms with E-state index in [2.05, 4.69) is 0 Å². The van der Waals surface area contributed by atoms with Crippen molar-refractivity contribution in [2.45, 2.75) is 44.8 Å². The maximum absolute atomic E-state index is 12.3. The molecule has 0 aliphatic heterocycles. The molecule has 1 unspecified atom stereocenters. The summed E-state index contributed by atoms with van der Waals surface area (Å²) in [7, 11) is 0. The Balaban J connectivity index is 2.05. The second kappa shape index (κ2) is 6.05. The Morgan fingerprint density at radius 1 is 1.35 bits per heavy atom. The highest BCUT2D eigenvalue weighted by atomic mass is 16.4. The quantitative estimate of drug-likeness (QED) is 0.820. The summed E-state index contributed by atoms with van der Waals surface area (Å²) in [6.45, 7) is 2.51. The van der Waals surface area contributed by atoms with Crippen molar-refractivity contribution >= 4 is 11.9 Å². The van der Waals surface area contributed by atoms with E-state index in [1.165, 1.54) is 5.56 Å². The number of hydrogen-bond donors (Lipinski definition) is 2. The largest absolute Gasteiger partial charge is 0.481 e. The van der Waals surface area contributed by atoms with Crippen LogP contribution in [0.15, 0.2) is 24.3 Å². The van der Waals surface area contributed by atoms with Crippen molar-refractivity contribution in [2.24, 2.45) is 5.73 Å². The van der Waals surface area contributed by atoms with E-state index >= 15 is 0 Å². The molecule has 5 heteroatoms. The van der Waals surface area contributed by atoms with E-state index in [4.69, 9.17) is 10.8 Å². The zero-order valence-electron chi connectivity index (χ0n) is 11.6. The van der Waals surface area contributed by atoms with Crippen LogP contribution in [-0.4, -0.2) is 34.0 Å². The van der Waals surface area contributed by atoms with Crippen molar-refractivity contribution in [2.75, 3.05) is 0 Å².